The molecule has 0 unspecified atom stereocenters. The summed E-state index contributed by atoms with van der Waals surface area (Å²) in [6.45, 7) is 6.26. The number of nitrogens with zero attached hydrogens (tertiary/aromatic N) is 3. The molecule has 0 spiro atoms. The number of hydrogen-bond acceptors (Lipinski definition) is 4. The monoisotopic (exact) mass is 376 g/mol. The molecule has 1 aliphatic rings. The maximum atomic E-state index is 11.6. The summed E-state index contributed by atoms with van der Waals surface area (Å²) in [5, 5.41) is 8.37. The highest BCUT2D eigenvalue weighted by atomic mass is 32.2. The van der Waals surface area contributed by atoms with Crippen molar-refractivity contribution in [1.29, 1.82) is 0 Å². The standard InChI is InChI=1S/C19H28N4O2S/c1-15(2)19-16(14-23(21-19)18-7-5-4-6-8-18)13-20-17-9-11-22(12-10-17)26(3,24)25/h4-8,14-15,17,20H,9-13H2,1-3H3. The van der Waals surface area contributed by atoms with Gasteiger partial charge >= 0.3 is 0 Å². The van der Waals surface area contributed by atoms with Gasteiger partial charge in [0.05, 0.1) is 17.6 Å². The smallest absolute Gasteiger partial charge is 0.211 e. The zero-order chi connectivity index (χ0) is 18.7. The molecular weight excluding hydrogens is 348 g/mol. The van der Waals surface area contributed by atoms with E-state index >= 15 is 0 Å². The molecule has 0 aliphatic carbocycles. The number of nitrogens with one attached hydrogen (secondary N) is 1. The molecule has 1 aliphatic heterocycles. The van der Waals surface area contributed by atoms with Crippen molar-refractivity contribution in [1.82, 2.24) is 19.4 Å². The minimum atomic E-state index is -3.07. The molecule has 0 amide bonds. The summed E-state index contributed by atoms with van der Waals surface area (Å²) in [6.07, 6.45) is 5.07. The third kappa shape index (κ3) is 4.52. The Bertz CT molecular complexity index is 822. The zero-order valence-electron chi connectivity index (χ0n) is 15.7. The summed E-state index contributed by atoms with van der Waals surface area (Å²) < 4.78 is 26.8. The van der Waals surface area contributed by atoms with Gasteiger partial charge in [-0.3, -0.25) is 0 Å². The highest BCUT2D eigenvalue weighted by Crippen LogP contribution is 2.21. The van der Waals surface area contributed by atoms with Crippen LogP contribution in [-0.2, 0) is 16.6 Å². The van der Waals surface area contributed by atoms with E-state index in [0.29, 0.717) is 25.0 Å². The first-order valence-electron chi connectivity index (χ1n) is 9.17. The molecule has 3 rings (SSSR count). The van der Waals surface area contributed by atoms with Crippen molar-refractivity contribution < 1.29 is 8.42 Å². The zero-order valence-corrected chi connectivity index (χ0v) is 16.5. The van der Waals surface area contributed by atoms with E-state index in [1.165, 1.54) is 11.8 Å². The lowest BCUT2D eigenvalue weighted by Gasteiger charge is -2.30. The van der Waals surface area contributed by atoms with Gasteiger partial charge in [-0.15, -0.1) is 0 Å². The molecule has 2 heterocycles. The van der Waals surface area contributed by atoms with Gasteiger partial charge in [0.1, 0.15) is 0 Å². The first kappa shape index (κ1) is 19.1. The Morgan fingerprint density at radius 2 is 1.85 bits per heavy atom. The fraction of sp³-hybridized carbons (Fsp3) is 0.526. The summed E-state index contributed by atoms with van der Waals surface area (Å²) in [4.78, 5) is 0. The number of hydrogen-bond donors (Lipinski definition) is 1. The predicted molar refractivity (Wildman–Crippen MR) is 104 cm³/mol. The summed E-state index contributed by atoms with van der Waals surface area (Å²) >= 11 is 0. The van der Waals surface area contributed by atoms with Gasteiger partial charge in [0.2, 0.25) is 10.0 Å². The molecule has 1 N–H and O–H groups in total. The maximum Gasteiger partial charge on any atom is 0.211 e. The Morgan fingerprint density at radius 1 is 1.19 bits per heavy atom. The fourth-order valence-electron chi connectivity index (χ4n) is 3.40. The van der Waals surface area contributed by atoms with Gasteiger partial charge in [0.15, 0.2) is 0 Å². The molecule has 6 nitrogen and oxygen atoms in total. The lowest BCUT2D eigenvalue weighted by molar-refractivity contribution is 0.290. The number of rotatable bonds is 6. The third-order valence-electron chi connectivity index (χ3n) is 4.89. The molecule has 1 aromatic carbocycles. The number of aromatic nitrogens is 2. The average Bonchev–Trinajstić information content (AvgIpc) is 3.05. The second kappa shape index (κ2) is 7.90. The van der Waals surface area contributed by atoms with Crippen molar-refractivity contribution in [2.75, 3.05) is 19.3 Å². The maximum absolute atomic E-state index is 11.6. The van der Waals surface area contributed by atoms with E-state index in [1.807, 2.05) is 22.9 Å². The van der Waals surface area contributed by atoms with Crippen LogP contribution in [0.25, 0.3) is 5.69 Å². The van der Waals surface area contributed by atoms with Gasteiger partial charge in [-0.05, 0) is 30.9 Å². The van der Waals surface area contributed by atoms with E-state index in [9.17, 15) is 8.42 Å². The van der Waals surface area contributed by atoms with Crippen molar-refractivity contribution in [3.05, 3.63) is 47.8 Å². The minimum absolute atomic E-state index is 0.341. The summed E-state index contributed by atoms with van der Waals surface area (Å²) in [6, 6.07) is 10.5. The molecule has 0 atom stereocenters. The lowest BCUT2D eigenvalue weighted by atomic mass is 10.0. The van der Waals surface area contributed by atoms with E-state index in [2.05, 4.69) is 37.5 Å². The Kier molecular flexibility index (Phi) is 5.79. The van der Waals surface area contributed by atoms with Crippen LogP contribution in [-0.4, -0.2) is 47.9 Å². The molecule has 0 saturated carbocycles. The largest absolute Gasteiger partial charge is 0.310 e. The van der Waals surface area contributed by atoms with Crippen molar-refractivity contribution >= 4 is 10.0 Å². The minimum Gasteiger partial charge on any atom is -0.310 e. The normalized spacial score (nSPS) is 17.1. The Hall–Kier alpha value is -1.70. The van der Waals surface area contributed by atoms with Crippen LogP contribution in [0.15, 0.2) is 36.5 Å². The number of sulfonamides is 1. The molecule has 1 aromatic heterocycles. The van der Waals surface area contributed by atoms with Gasteiger partial charge in [-0.2, -0.15) is 5.10 Å². The molecule has 1 fully saturated rings. The van der Waals surface area contributed by atoms with Gasteiger partial charge in [0.25, 0.3) is 0 Å². The topological polar surface area (TPSA) is 67.2 Å². The second-order valence-corrected chi connectivity index (χ2v) is 9.27. The van der Waals surface area contributed by atoms with Crippen LogP contribution < -0.4 is 5.32 Å². The van der Waals surface area contributed by atoms with Crippen molar-refractivity contribution in [3.63, 3.8) is 0 Å². The molecule has 2 aromatic rings. The molecule has 1 saturated heterocycles. The van der Waals surface area contributed by atoms with Crippen LogP contribution in [0.2, 0.25) is 0 Å². The summed E-state index contributed by atoms with van der Waals surface area (Å²) in [5.74, 6) is 0.351. The van der Waals surface area contributed by atoms with Crippen molar-refractivity contribution in [2.45, 2.75) is 45.2 Å². The van der Waals surface area contributed by atoms with Crippen LogP contribution in [0.1, 0.15) is 43.9 Å². The van der Waals surface area contributed by atoms with E-state index < -0.39 is 10.0 Å². The highest BCUT2D eigenvalue weighted by molar-refractivity contribution is 7.88. The number of benzene rings is 1. The van der Waals surface area contributed by atoms with Crippen LogP contribution in [0.3, 0.4) is 0 Å². The van der Waals surface area contributed by atoms with Crippen LogP contribution >= 0.6 is 0 Å². The summed E-state index contributed by atoms with van der Waals surface area (Å²) in [5.41, 5.74) is 3.37. The molecule has 26 heavy (non-hydrogen) atoms. The van der Waals surface area contributed by atoms with E-state index in [1.54, 1.807) is 4.31 Å². The van der Waals surface area contributed by atoms with E-state index in [4.69, 9.17) is 5.10 Å². The van der Waals surface area contributed by atoms with Crippen molar-refractivity contribution in [3.8, 4) is 5.69 Å². The molecular formula is C19H28N4O2S. The van der Waals surface area contributed by atoms with Gasteiger partial charge in [-0.1, -0.05) is 32.0 Å². The highest BCUT2D eigenvalue weighted by Gasteiger charge is 2.25. The third-order valence-corrected chi connectivity index (χ3v) is 6.20. The second-order valence-electron chi connectivity index (χ2n) is 7.29. The van der Waals surface area contributed by atoms with Crippen LogP contribution in [0.4, 0.5) is 0 Å². The molecule has 0 radical (unpaired) electrons. The lowest BCUT2D eigenvalue weighted by Crippen LogP contribution is -2.44. The molecule has 0 bridgehead atoms. The van der Waals surface area contributed by atoms with Gasteiger partial charge in [-0.25, -0.2) is 17.4 Å². The fourth-order valence-corrected chi connectivity index (χ4v) is 4.28. The number of piperidine rings is 1. The first-order valence-corrected chi connectivity index (χ1v) is 11.0. The quantitative estimate of drug-likeness (QED) is 0.841. The van der Waals surface area contributed by atoms with E-state index in [0.717, 1.165) is 30.8 Å². The predicted octanol–water partition coefficient (Wildman–Crippen LogP) is 2.51. The number of para-hydroxylation sites is 1. The summed E-state index contributed by atoms with van der Waals surface area (Å²) in [7, 11) is -3.07. The Balaban J connectivity index is 1.66. The average molecular weight is 377 g/mol. The first-order chi connectivity index (χ1) is 12.3. The van der Waals surface area contributed by atoms with Crippen LogP contribution in [0.5, 0.6) is 0 Å². The Labute approximate surface area is 156 Å². The van der Waals surface area contributed by atoms with Gasteiger partial charge < -0.3 is 5.32 Å². The SMILES string of the molecule is CC(C)c1nn(-c2ccccc2)cc1CNC1CCN(S(C)(=O)=O)CC1. The van der Waals surface area contributed by atoms with Crippen molar-refractivity contribution in [2.24, 2.45) is 0 Å². The van der Waals surface area contributed by atoms with Crippen LogP contribution in [0, 0.1) is 0 Å². The van der Waals surface area contributed by atoms with Gasteiger partial charge in [0, 0.05) is 37.4 Å². The molecule has 7 heteroatoms. The van der Waals surface area contributed by atoms with E-state index in [-0.39, 0.29) is 0 Å². The Morgan fingerprint density at radius 3 is 2.42 bits per heavy atom. The molecule has 142 valence electrons.